The van der Waals surface area contributed by atoms with Crippen LogP contribution in [0.1, 0.15) is 16.7 Å². The summed E-state index contributed by atoms with van der Waals surface area (Å²) in [6, 6.07) is 11.2. The number of benzene rings is 2. The largest absolute Gasteiger partial charge is 0.488 e. The van der Waals surface area contributed by atoms with Crippen molar-refractivity contribution in [2.45, 2.75) is 19.7 Å². The number of aryl methyl sites for hydroxylation is 2. The number of hydrogen-bond acceptors (Lipinski definition) is 1. The molecule has 3 rings (SSSR count). The van der Waals surface area contributed by atoms with E-state index in [2.05, 4.69) is 0 Å². The highest BCUT2D eigenvalue weighted by Gasteiger charge is 2.34. The maximum Gasteiger partial charge on any atom is 0.419 e. The van der Waals surface area contributed by atoms with Crippen LogP contribution in [-0.2, 0) is 19.8 Å². The second kappa shape index (κ2) is 5.65. The van der Waals surface area contributed by atoms with Gasteiger partial charge in [-0.2, -0.15) is 13.2 Å². The third kappa shape index (κ3) is 2.91. The Morgan fingerprint density at radius 1 is 1.04 bits per heavy atom. The quantitative estimate of drug-likeness (QED) is 0.656. The first-order chi connectivity index (χ1) is 10.9. The number of alkyl halides is 3. The summed E-state index contributed by atoms with van der Waals surface area (Å²) < 4.78 is 46.5. The Morgan fingerprint density at radius 3 is 2.52 bits per heavy atom. The number of para-hydroxylation sites is 1. The van der Waals surface area contributed by atoms with Crippen LogP contribution in [0.3, 0.4) is 0 Å². The number of rotatable bonds is 3. The molecule has 0 unspecified atom stereocenters. The third-order valence-corrected chi connectivity index (χ3v) is 3.88. The van der Waals surface area contributed by atoms with Crippen molar-refractivity contribution in [3.8, 4) is 5.75 Å². The molecule has 2 aromatic carbocycles. The molecular formula is C18H16F3NO. The Kier molecular flexibility index (Phi) is 3.80. The van der Waals surface area contributed by atoms with E-state index in [0.29, 0.717) is 0 Å². The van der Waals surface area contributed by atoms with Crippen LogP contribution in [0.15, 0.2) is 48.7 Å². The van der Waals surface area contributed by atoms with Crippen LogP contribution in [0.2, 0.25) is 0 Å². The van der Waals surface area contributed by atoms with Gasteiger partial charge in [0.05, 0.1) is 5.56 Å². The van der Waals surface area contributed by atoms with Crippen LogP contribution >= 0.6 is 0 Å². The average molecular weight is 319 g/mol. The molecule has 0 radical (unpaired) electrons. The van der Waals surface area contributed by atoms with Gasteiger partial charge in [-0.15, -0.1) is 0 Å². The third-order valence-electron chi connectivity index (χ3n) is 3.88. The summed E-state index contributed by atoms with van der Waals surface area (Å²) in [5.74, 6) is -0.148. The lowest BCUT2D eigenvalue weighted by molar-refractivity contribution is -0.139. The van der Waals surface area contributed by atoms with Crippen LogP contribution in [0.4, 0.5) is 13.2 Å². The SMILES string of the molecule is Cc1cccc2c1c(COc1ccccc1C(F)(F)F)cn2C. The fourth-order valence-electron chi connectivity index (χ4n) is 2.82. The first kappa shape index (κ1) is 15.5. The number of halogens is 3. The van der Waals surface area contributed by atoms with E-state index in [-0.39, 0.29) is 12.4 Å². The molecule has 0 N–H and O–H groups in total. The molecule has 0 amide bonds. The second-order valence-corrected chi connectivity index (χ2v) is 5.52. The lowest BCUT2D eigenvalue weighted by Crippen LogP contribution is -2.08. The van der Waals surface area contributed by atoms with Gasteiger partial charge in [-0.25, -0.2) is 0 Å². The van der Waals surface area contributed by atoms with Gasteiger partial charge in [0.15, 0.2) is 0 Å². The summed E-state index contributed by atoms with van der Waals surface area (Å²) in [6.07, 6.45) is -2.53. The number of aromatic nitrogens is 1. The topological polar surface area (TPSA) is 14.2 Å². The van der Waals surface area contributed by atoms with E-state index in [1.54, 1.807) is 6.07 Å². The fraction of sp³-hybridized carbons (Fsp3) is 0.222. The zero-order valence-electron chi connectivity index (χ0n) is 12.8. The van der Waals surface area contributed by atoms with Crippen LogP contribution in [0, 0.1) is 6.92 Å². The Balaban J connectivity index is 1.94. The minimum absolute atomic E-state index is 0.0925. The van der Waals surface area contributed by atoms with E-state index in [1.807, 2.05) is 42.9 Å². The van der Waals surface area contributed by atoms with Crippen molar-refractivity contribution < 1.29 is 17.9 Å². The zero-order chi connectivity index (χ0) is 16.6. The van der Waals surface area contributed by atoms with Crippen LogP contribution in [0.25, 0.3) is 10.9 Å². The predicted molar refractivity (Wildman–Crippen MR) is 83.4 cm³/mol. The number of hydrogen-bond donors (Lipinski definition) is 0. The summed E-state index contributed by atoms with van der Waals surface area (Å²) in [5, 5.41) is 1.03. The molecule has 0 spiro atoms. The van der Waals surface area contributed by atoms with Crippen molar-refractivity contribution in [1.29, 1.82) is 0 Å². The summed E-state index contributed by atoms with van der Waals surface area (Å²) >= 11 is 0. The highest BCUT2D eigenvalue weighted by Crippen LogP contribution is 2.36. The molecule has 1 aromatic heterocycles. The van der Waals surface area contributed by atoms with E-state index in [4.69, 9.17) is 4.74 Å². The first-order valence-electron chi connectivity index (χ1n) is 7.20. The Morgan fingerprint density at radius 2 is 1.78 bits per heavy atom. The molecule has 2 nitrogen and oxygen atoms in total. The predicted octanol–water partition coefficient (Wildman–Crippen LogP) is 5.08. The van der Waals surface area contributed by atoms with Gasteiger partial charge in [0, 0.05) is 29.7 Å². The molecule has 1 heterocycles. The molecule has 0 atom stereocenters. The normalized spacial score (nSPS) is 11.9. The minimum atomic E-state index is -4.43. The summed E-state index contributed by atoms with van der Waals surface area (Å²) in [5.41, 5.74) is 2.23. The van der Waals surface area contributed by atoms with E-state index in [9.17, 15) is 13.2 Å². The van der Waals surface area contributed by atoms with Crippen LogP contribution in [0.5, 0.6) is 5.75 Å². The van der Waals surface area contributed by atoms with Crippen molar-refractivity contribution in [3.63, 3.8) is 0 Å². The van der Waals surface area contributed by atoms with Crippen LogP contribution in [-0.4, -0.2) is 4.57 Å². The standard InChI is InChI=1S/C18H16F3NO/c1-12-6-5-8-15-17(12)13(10-22(15)2)11-23-16-9-4-3-7-14(16)18(19,20)21/h3-10H,11H2,1-2H3. The van der Waals surface area contributed by atoms with E-state index >= 15 is 0 Å². The smallest absolute Gasteiger partial charge is 0.419 e. The maximum atomic E-state index is 13.0. The van der Waals surface area contributed by atoms with E-state index in [1.165, 1.54) is 12.1 Å². The van der Waals surface area contributed by atoms with Gasteiger partial charge >= 0.3 is 6.18 Å². The fourth-order valence-corrected chi connectivity index (χ4v) is 2.82. The summed E-state index contributed by atoms with van der Waals surface area (Å²) in [4.78, 5) is 0. The maximum absolute atomic E-state index is 13.0. The molecule has 0 saturated heterocycles. The number of ether oxygens (including phenoxy) is 1. The van der Waals surface area contributed by atoms with Gasteiger partial charge < -0.3 is 9.30 Å². The molecular weight excluding hydrogens is 303 g/mol. The monoisotopic (exact) mass is 319 g/mol. The van der Waals surface area contributed by atoms with E-state index in [0.717, 1.165) is 28.1 Å². The van der Waals surface area contributed by atoms with Gasteiger partial charge in [0.1, 0.15) is 12.4 Å². The molecule has 5 heteroatoms. The molecule has 0 aliphatic carbocycles. The van der Waals surface area contributed by atoms with Gasteiger partial charge in [-0.1, -0.05) is 24.3 Å². The molecule has 0 saturated carbocycles. The van der Waals surface area contributed by atoms with E-state index < -0.39 is 11.7 Å². The van der Waals surface area contributed by atoms with Gasteiger partial charge in [0.2, 0.25) is 0 Å². The average Bonchev–Trinajstić information content (AvgIpc) is 2.82. The van der Waals surface area contributed by atoms with Gasteiger partial charge in [0.25, 0.3) is 0 Å². The Labute approximate surface area is 132 Å². The molecule has 23 heavy (non-hydrogen) atoms. The van der Waals surface area contributed by atoms with Crippen molar-refractivity contribution in [1.82, 2.24) is 4.57 Å². The Bertz CT molecular complexity index is 849. The molecule has 0 aliphatic heterocycles. The van der Waals surface area contributed by atoms with Crippen LogP contribution < -0.4 is 4.74 Å². The summed E-state index contributed by atoms with van der Waals surface area (Å²) in [6.45, 7) is 2.07. The zero-order valence-corrected chi connectivity index (χ0v) is 12.8. The lowest BCUT2D eigenvalue weighted by atomic mass is 10.1. The highest BCUT2D eigenvalue weighted by molar-refractivity contribution is 5.87. The minimum Gasteiger partial charge on any atom is -0.488 e. The lowest BCUT2D eigenvalue weighted by Gasteiger charge is -2.13. The summed E-state index contributed by atoms with van der Waals surface area (Å²) in [7, 11) is 1.91. The van der Waals surface area contributed by atoms with Crippen molar-refractivity contribution >= 4 is 10.9 Å². The first-order valence-corrected chi connectivity index (χ1v) is 7.20. The molecule has 0 aliphatic rings. The van der Waals surface area contributed by atoms with Gasteiger partial charge in [-0.3, -0.25) is 0 Å². The highest BCUT2D eigenvalue weighted by atomic mass is 19.4. The second-order valence-electron chi connectivity index (χ2n) is 5.52. The molecule has 120 valence electrons. The number of fused-ring (bicyclic) bond motifs is 1. The molecule has 0 fully saturated rings. The van der Waals surface area contributed by atoms with Crippen molar-refractivity contribution in [2.24, 2.45) is 7.05 Å². The molecule has 0 bridgehead atoms. The van der Waals surface area contributed by atoms with Gasteiger partial charge in [-0.05, 0) is 30.7 Å². The number of nitrogens with zero attached hydrogens (tertiary/aromatic N) is 1. The Hall–Kier alpha value is -2.43. The molecule has 3 aromatic rings. The van der Waals surface area contributed by atoms with Crippen molar-refractivity contribution in [2.75, 3.05) is 0 Å². The van der Waals surface area contributed by atoms with Crippen molar-refractivity contribution in [3.05, 3.63) is 65.4 Å².